The number of hydrogen-bond donors (Lipinski definition) is 2. The average molecular weight is 453 g/mol. The van der Waals surface area contributed by atoms with Gasteiger partial charge < -0.3 is 15.2 Å². The van der Waals surface area contributed by atoms with E-state index < -0.39 is 0 Å². The van der Waals surface area contributed by atoms with Gasteiger partial charge in [0.1, 0.15) is 17.3 Å². The molecule has 0 atom stereocenters. The maximum absolute atomic E-state index is 11.4. The topological polar surface area (TPSA) is 110 Å². The monoisotopic (exact) mass is 452 g/mol. The number of rotatable bonds is 2. The summed E-state index contributed by atoms with van der Waals surface area (Å²) in [6, 6.07) is 20.2. The van der Waals surface area contributed by atoms with Crippen molar-refractivity contribution < 1.29 is 9.53 Å². The van der Waals surface area contributed by atoms with Gasteiger partial charge in [0, 0.05) is 34.1 Å². The predicted molar refractivity (Wildman–Crippen MR) is 127 cm³/mol. The van der Waals surface area contributed by atoms with Crippen molar-refractivity contribution in [3.8, 4) is 34.2 Å². The molecule has 3 aromatic heterocycles. The Hall–Kier alpha value is -4.20. The minimum absolute atomic E-state index is 0.467. The van der Waals surface area contributed by atoms with E-state index in [1.54, 1.807) is 0 Å². The fourth-order valence-corrected chi connectivity index (χ4v) is 4.60. The lowest BCUT2D eigenvalue weighted by atomic mass is 10.0. The van der Waals surface area contributed by atoms with E-state index in [1.807, 2.05) is 36.4 Å². The van der Waals surface area contributed by atoms with E-state index in [2.05, 4.69) is 54.0 Å². The minimum atomic E-state index is 0.467. The van der Waals surface area contributed by atoms with Crippen molar-refractivity contribution in [1.29, 1.82) is 0 Å². The van der Waals surface area contributed by atoms with Gasteiger partial charge >= 0.3 is 0 Å². The molecule has 0 fully saturated rings. The van der Waals surface area contributed by atoms with Gasteiger partial charge in [-0.25, -0.2) is 9.97 Å². The first-order valence-corrected chi connectivity index (χ1v) is 11.6. The number of nitrogens with zero attached hydrogens (tertiary/aromatic N) is 4. The summed E-state index contributed by atoms with van der Waals surface area (Å²) in [5.41, 5.74) is 7.65. The molecule has 8 nitrogen and oxygen atoms in total. The highest BCUT2D eigenvalue weighted by molar-refractivity contribution is 5.67. The van der Waals surface area contributed by atoms with Gasteiger partial charge in [0.15, 0.2) is 0 Å². The molecule has 8 heteroatoms. The summed E-state index contributed by atoms with van der Waals surface area (Å²) < 4.78 is 4.65. The summed E-state index contributed by atoms with van der Waals surface area (Å²) in [5, 5.41) is 15.2. The van der Waals surface area contributed by atoms with Gasteiger partial charge in [0.05, 0.1) is 5.69 Å². The van der Waals surface area contributed by atoms with Gasteiger partial charge in [-0.3, -0.25) is 4.63 Å². The average Bonchev–Trinajstić information content (AvgIpc) is 3.62. The lowest BCUT2D eigenvalue weighted by molar-refractivity contribution is -0.807. The van der Waals surface area contributed by atoms with E-state index in [4.69, 9.17) is 0 Å². The summed E-state index contributed by atoms with van der Waals surface area (Å²) >= 11 is 0. The molecule has 5 aromatic rings. The number of aryl methyl sites for hydroxylation is 3. The fourth-order valence-electron chi connectivity index (χ4n) is 4.60. The maximum Gasteiger partial charge on any atom is 0.271 e. The standard InChI is InChI=1S/C13H10N4O2.C13H14N2/c18-17-10-7-6-9-11(12(10)16-19-17)15-13(14-9)8-4-2-1-3-5-8;1-2-6-10(7-3-1)13-14-11-8-4-5-9-12(11)15-13/h1-5H,6-7H2,(H,14,15);1-3,6-7H,4-5,8-9H2,(H,14,15). The number of imidazole rings is 2. The van der Waals surface area contributed by atoms with Crippen LogP contribution in [0.1, 0.15) is 35.6 Å². The van der Waals surface area contributed by atoms with E-state index >= 15 is 0 Å². The summed E-state index contributed by atoms with van der Waals surface area (Å²) in [6.45, 7) is 0. The van der Waals surface area contributed by atoms with Crippen molar-refractivity contribution in [2.24, 2.45) is 0 Å². The number of H-pyrrole nitrogens is 2. The largest absolute Gasteiger partial charge is 0.359 e. The van der Waals surface area contributed by atoms with Crippen LogP contribution in [0, 0.1) is 5.21 Å². The van der Waals surface area contributed by atoms with E-state index in [-0.39, 0.29) is 0 Å². The summed E-state index contributed by atoms with van der Waals surface area (Å²) in [4.78, 5) is 16.4. The lowest BCUT2D eigenvalue weighted by Crippen LogP contribution is -2.29. The molecule has 2 aromatic carbocycles. The Kier molecular flexibility index (Phi) is 5.18. The Labute approximate surface area is 196 Å². The van der Waals surface area contributed by atoms with Crippen LogP contribution in [0.15, 0.2) is 65.3 Å². The van der Waals surface area contributed by atoms with Crippen LogP contribution in [0.5, 0.6) is 0 Å². The molecule has 170 valence electrons. The molecule has 0 saturated heterocycles. The van der Waals surface area contributed by atoms with Crippen LogP contribution >= 0.6 is 0 Å². The van der Waals surface area contributed by atoms with E-state index in [0.717, 1.165) is 47.9 Å². The highest BCUT2D eigenvalue weighted by Gasteiger charge is 2.31. The maximum atomic E-state index is 11.4. The molecular weight excluding hydrogens is 428 g/mol. The fraction of sp³-hybridized carbons (Fsp3) is 0.231. The third-order valence-corrected chi connectivity index (χ3v) is 6.36. The highest BCUT2D eigenvalue weighted by Crippen LogP contribution is 2.31. The molecule has 3 heterocycles. The molecule has 2 N–H and O–H groups in total. The van der Waals surface area contributed by atoms with Crippen molar-refractivity contribution >= 4 is 0 Å². The number of hydrogen-bond acceptors (Lipinski definition) is 5. The first-order valence-electron chi connectivity index (χ1n) is 11.6. The van der Waals surface area contributed by atoms with Crippen LogP contribution in [0.2, 0.25) is 0 Å². The predicted octanol–water partition coefficient (Wildman–Crippen LogP) is 4.42. The molecule has 0 unspecified atom stereocenters. The quantitative estimate of drug-likeness (QED) is 0.385. The van der Waals surface area contributed by atoms with Gasteiger partial charge in [-0.05, 0) is 37.0 Å². The van der Waals surface area contributed by atoms with Gasteiger partial charge in [-0.15, -0.1) is 0 Å². The van der Waals surface area contributed by atoms with Crippen LogP contribution in [0.3, 0.4) is 0 Å². The molecular formula is C26H24N6O2. The highest BCUT2D eigenvalue weighted by atomic mass is 16.8. The molecule has 7 rings (SSSR count). The van der Waals surface area contributed by atoms with E-state index in [0.29, 0.717) is 22.7 Å². The normalized spacial score (nSPS) is 13.9. The Morgan fingerprint density at radius 2 is 1.35 bits per heavy atom. The Balaban J connectivity index is 0.000000132. The first-order chi connectivity index (χ1) is 16.8. The number of nitrogens with one attached hydrogen (secondary N) is 2. The Bertz CT molecular complexity index is 1400. The zero-order chi connectivity index (χ0) is 22.9. The Morgan fingerprint density at radius 3 is 2.06 bits per heavy atom. The van der Waals surface area contributed by atoms with Crippen LogP contribution in [-0.2, 0) is 25.7 Å². The van der Waals surface area contributed by atoms with Crippen molar-refractivity contribution in [3.05, 3.63) is 88.6 Å². The summed E-state index contributed by atoms with van der Waals surface area (Å²) in [6.07, 6.45) is 6.24. The molecule has 0 spiro atoms. The third kappa shape index (κ3) is 3.77. The molecule has 2 aliphatic carbocycles. The van der Waals surface area contributed by atoms with Crippen molar-refractivity contribution in [3.63, 3.8) is 0 Å². The van der Waals surface area contributed by atoms with Crippen LogP contribution in [0.25, 0.3) is 34.2 Å². The zero-order valence-corrected chi connectivity index (χ0v) is 18.6. The number of fused-ring (bicyclic) bond motifs is 4. The van der Waals surface area contributed by atoms with Gasteiger partial charge in [-0.1, -0.05) is 60.7 Å². The first kappa shape index (κ1) is 20.4. The van der Waals surface area contributed by atoms with Crippen molar-refractivity contribution in [2.45, 2.75) is 38.5 Å². The smallest absolute Gasteiger partial charge is 0.271 e. The van der Waals surface area contributed by atoms with Crippen LogP contribution in [-0.4, -0.2) is 25.1 Å². The van der Waals surface area contributed by atoms with Crippen LogP contribution in [0.4, 0.5) is 0 Å². The molecule has 0 radical (unpaired) electrons. The van der Waals surface area contributed by atoms with Crippen molar-refractivity contribution in [1.82, 2.24) is 25.1 Å². The molecule has 0 aliphatic heterocycles. The third-order valence-electron chi connectivity index (χ3n) is 6.36. The van der Waals surface area contributed by atoms with Gasteiger partial charge in [0.2, 0.25) is 5.69 Å². The molecule has 0 bridgehead atoms. The molecule has 2 aliphatic rings. The summed E-state index contributed by atoms with van der Waals surface area (Å²) in [7, 11) is 0. The summed E-state index contributed by atoms with van der Waals surface area (Å²) in [5.74, 6) is 1.82. The second kappa shape index (κ2) is 8.62. The minimum Gasteiger partial charge on any atom is -0.359 e. The SMILES string of the molecule is [O-][n+]1onc2c1CCc1[nH]c(-c3ccccc3)nc1-2.c1ccc(-c2nc3c([nH]2)CCCC3)cc1. The van der Waals surface area contributed by atoms with E-state index in [9.17, 15) is 5.21 Å². The molecule has 0 saturated carbocycles. The van der Waals surface area contributed by atoms with Gasteiger partial charge in [-0.2, -0.15) is 0 Å². The zero-order valence-electron chi connectivity index (χ0n) is 18.6. The Morgan fingerprint density at radius 1 is 0.706 bits per heavy atom. The van der Waals surface area contributed by atoms with Crippen molar-refractivity contribution in [2.75, 3.05) is 0 Å². The second-order valence-corrected chi connectivity index (χ2v) is 8.59. The lowest BCUT2D eigenvalue weighted by Gasteiger charge is -2.07. The number of aromatic amines is 2. The second-order valence-electron chi connectivity index (χ2n) is 8.59. The van der Waals surface area contributed by atoms with Gasteiger partial charge in [0.25, 0.3) is 5.69 Å². The molecule has 0 amide bonds. The van der Waals surface area contributed by atoms with Crippen LogP contribution < -0.4 is 4.90 Å². The number of aromatic nitrogens is 6. The molecule has 34 heavy (non-hydrogen) atoms. The number of benzene rings is 2. The van der Waals surface area contributed by atoms with E-state index in [1.165, 1.54) is 29.8 Å².